The molecule has 3 N–H and O–H groups in total. The molecular weight excluding hydrogens is 385 g/mol. The fourth-order valence-electron chi connectivity index (χ4n) is 3.85. The number of carboxylic acids is 1. The summed E-state index contributed by atoms with van der Waals surface area (Å²) in [6.07, 6.45) is 4.87. The molecule has 4 rings (SSSR count). The lowest BCUT2D eigenvalue weighted by atomic mass is 10.0. The Balaban J connectivity index is 1.86. The first-order valence-corrected chi connectivity index (χ1v) is 9.71. The average Bonchev–Trinajstić information content (AvgIpc) is 3.52. The molecule has 0 atom stereocenters. The monoisotopic (exact) mass is 405 g/mol. The van der Waals surface area contributed by atoms with Crippen molar-refractivity contribution in [2.45, 2.75) is 31.7 Å². The predicted molar refractivity (Wildman–Crippen MR) is 107 cm³/mol. The number of nitrogens with zero attached hydrogens (tertiary/aromatic N) is 2. The van der Waals surface area contributed by atoms with E-state index in [1.807, 2.05) is 4.90 Å². The lowest BCUT2D eigenvalue weighted by Gasteiger charge is -2.32. The Hall–Kier alpha value is -2.38. The van der Waals surface area contributed by atoms with Gasteiger partial charge in [0.15, 0.2) is 0 Å². The zero-order valence-electron chi connectivity index (χ0n) is 15.3. The van der Waals surface area contributed by atoms with Crippen LogP contribution in [0.4, 0.5) is 10.1 Å². The van der Waals surface area contributed by atoms with Crippen LogP contribution in [0.3, 0.4) is 0 Å². The number of fused-ring (bicyclic) bond motifs is 1. The molecule has 1 aliphatic heterocycles. The number of nitrogens with two attached hydrogens (primary N) is 1. The molecule has 148 valence electrons. The van der Waals surface area contributed by atoms with Gasteiger partial charge in [0.2, 0.25) is 5.43 Å². The van der Waals surface area contributed by atoms with Crippen molar-refractivity contribution in [2.24, 2.45) is 5.73 Å². The van der Waals surface area contributed by atoms with Gasteiger partial charge in [0.1, 0.15) is 11.4 Å². The number of anilines is 1. The van der Waals surface area contributed by atoms with Gasteiger partial charge in [-0.3, -0.25) is 4.79 Å². The van der Waals surface area contributed by atoms with E-state index in [-0.39, 0.29) is 23.5 Å². The van der Waals surface area contributed by atoms with E-state index < -0.39 is 17.2 Å². The smallest absolute Gasteiger partial charge is 0.341 e. The molecule has 8 heteroatoms. The van der Waals surface area contributed by atoms with Crippen molar-refractivity contribution in [3.8, 4) is 0 Å². The maximum Gasteiger partial charge on any atom is 0.341 e. The number of carboxylic acid groups (broad SMARTS) is 1. The molecular formula is C20H21ClFN3O3. The molecule has 1 saturated carbocycles. The maximum atomic E-state index is 15.0. The van der Waals surface area contributed by atoms with Gasteiger partial charge in [-0.25, -0.2) is 9.18 Å². The summed E-state index contributed by atoms with van der Waals surface area (Å²) in [6, 6.07) is 2.97. The Bertz CT molecular complexity index is 1060. The minimum Gasteiger partial charge on any atom is -0.477 e. The highest BCUT2D eigenvalue weighted by Crippen LogP contribution is 2.38. The molecule has 1 aromatic carbocycles. The summed E-state index contributed by atoms with van der Waals surface area (Å²) in [7, 11) is 0. The summed E-state index contributed by atoms with van der Waals surface area (Å²) in [5.74, 6) is -1.84. The minimum atomic E-state index is -1.30. The Kier molecular flexibility index (Phi) is 4.89. The number of rotatable bonds is 4. The van der Waals surface area contributed by atoms with E-state index in [1.54, 1.807) is 10.6 Å². The fourth-order valence-corrected chi connectivity index (χ4v) is 4.01. The maximum absolute atomic E-state index is 15.0. The quantitative estimate of drug-likeness (QED) is 0.815. The Labute approximate surface area is 166 Å². The first kappa shape index (κ1) is 19.0. The second kappa shape index (κ2) is 7.22. The van der Waals surface area contributed by atoms with E-state index >= 15 is 0 Å². The summed E-state index contributed by atoms with van der Waals surface area (Å²) >= 11 is 6.21. The van der Waals surface area contributed by atoms with Crippen LogP contribution in [0.25, 0.3) is 10.9 Å². The van der Waals surface area contributed by atoms with Gasteiger partial charge < -0.3 is 20.3 Å². The van der Waals surface area contributed by atoms with E-state index in [2.05, 4.69) is 0 Å². The number of benzene rings is 1. The van der Waals surface area contributed by atoms with Crippen LogP contribution >= 0.6 is 11.6 Å². The fraction of sp³-hybridized carbons (Fsp3) is 0.400. The lowest BCUT2D eigenvalue weighted by molar-refractivity contribution is 0.0695. The van der Waals surface area contributed by atoms with Gasteiger partial charge in [0.05, 0.1) is 11.2 Å². The summed E-state index contributed by atoms with van der Waals surface area (Å²) in [6.45, 7) is 1.41. The predicted octanol–water partition coefficient (Wildman–Crippen LogP) is 3.23. The van der Waals surface area contributed by atoms with Crippen LogP contribution in [0.15, 0.2) is 33.7 Å². The molecule has 2 aromatic rings. The molecule has 2 aliphatic rings. The third kappa shape index (κ3) is 3.29. The second-order valence-corrected chi connectivity index (χ2v) is 7.83. The number of carbonyl (C=O) groups is 1. The summed E-state index contributed by atoms with van der Waals surface area (Å²) in [5, 5.41) is 10.0. The average molecular weight is 406 g/mol. The summed E-state index contributed by atoms with van der Waals surface area (Å²) < 4.78 is 16.8. The number of piperidine rings is 1. The molecule has 0 unspecified atom stereocenters. The largest absolute Gasteiger partial charge is 0.477 e. The minimum absolute atomic E-state index is 0.0980. The highest BCUT2D eigenvalue weighted by molar-refractivity contribution is 6.30. The molecule has 0 spiro atoms. The Morgan fingerprint density at radius 3 is 2.75 bits per heavy atom. The molecule has 1 saturated heterocycles. The lowest BCUT2D eigenvalue weighted by Crippen LogP contribution is -2.33. The normalized spacial score (nSPS) is 19.2. The van der Waals surface area contributed by atoms with Gasteiger partial charge in [-0.2, -0.15) is 0 Å². The third-order valence-electron chi connectivity index (χ3n) is 5.46. The second-order valence-electron chi connectivity index (χ2n) is 7.37. The van der Waals surface area contributed by atoms with Crippen LogP contribution in [0.5, 0.6) is 0 Å². The molecule has 1 aliphatic carbocycles. The number of hydrogen-bond acceptors (Lipinski definition) is 4. The van der Waals surface area contributed by atoms with Crippen LogP contribution in [-0.4, -0.2) is 35.3 Å². The van der Waals surface area contributed by atoms with Crippen LogP contribution in [0.1, 0.15) is 42.1 Å². The van der Waals surface area contributed by atoms with Crippen molar-refractivity contribution in [2.75, 3.05) is 24.5 Å². The summed E-state index contributed by atoms with van der Waals surface area (Å²) in [4.78, 5) is 25.9. The molecule has 0 bridgehead atoms. The molecule has 28 heavy (non-hydrogen) atoms. The van der Waals surface area contributed by atoms with Crippen LogP contribution in [-0.2, 0) is 0 Å². The van der Waals surface area contributed by atoms with Gasteiger partial charge >= 0.3 is 5.97 Å². The number of pyridine rings is 1. The van der Waals surface area contributed by atoms with E-state index in [9.17, 15) is 19.1 Å². The number of aromatic nitrogens is 1. The van der Waals surface area contributed by atoms with E-state index in [1.165, 1.54) is 12.3 Å². The number of halogens is 2. The van der Waals surface area contributed by atoms with Crippen LogP contribution in [0.2, 0.25) is 0 Å². The zero-order chi connectivity index (χ0) is 20.0. The van der Waals surface area contributed by atoms with Gasteiger partial charge in [-0.15, -0.1) is 0 Å². The number of aromatic carboxylic acids is 1. The van der Waals surface area contributed by atoms with Crippen molar-refractivity contribution >= 4 is 34.2 Å². The van der Waals surface area contributed by atoms with Gasteiger partial charge in [0, 0.05) is 42.3 Å². The van der Waals surface area contributed by atoms with Gasteiger partial charge in [-0.1, -0.05) is 11.6 Å². The molecule has 6 nitrogen and oxygen atoms in total. The van der Waals surface area contributed by atoms with Crippen molar-refractivity contribution in [1.82, 2.24) is 4.57 Å². The van der Waals surface area contributed by atoms with E-state index in [0.717, 1.165) is 31.3 Å². The third-order valence-corrected chi connectivity index (χ3v) is 5.88. The number of hydrogen-bond donors (Lipinski definition) is 2. The van der Waals surface area contributed by atoms with E-state index in [4.69, 9.17) is 17.3 Å². The first-order chi connectivity index (χ1) is 13.4. The van der Waals surface area contributed by atoms with Crippen molar-refractivity contribution in [3.63, 3.8) is 0 Å². The highest BCUT2D eigenvalue weighted by Gasteiger charge is 2.28. The standard InChI is InChI=1S/C20H21ClFN3O3/c21-15(8-23)11-2-1-5-24(9-11)18-7-17-13(6-16(18)22)19(26)14(20(27)28)10-25(17)12-3-4-12/h6-7,10,12H,1-5,8-9,23H2,(H,27,28)/b15-11-. The topological polar surface area (TPSA) is 88.6 Å². The summed E-state index contributed by atoms with van der Waals surface area (Å²) in [5.41, 5.74) is 6.60. The molecule has 2 heterocycles. The van der Waals surface area contributed by atoms with E-state index in [0.29, 0.717) is 29.3 Å². The molecule has 0 radical (unpaired) electrons. The Morgan fingerprint density at radius 1 is 1.36 bits per heavy atom. The zero-order valence-corrected chi connectivity index (χ0v) is 16.0. The Morgan fingerprint density at radius 2 is 2.11 bits per heavy atom. The van der Waals surface area contributed by atoms with Crippen LogP contribution in [0, 0.1) is 5.82 Å². The van der Waals surface area contributed by atoms with Crippen molar-refractivity contribution in [3.05, 3.63) is 50.5 Å². The van der Waals surface area contributed by atoms with Gasteiger partial charge in [-0.05, 0) is 43.4 Å². The molecule has 2 fully saturated rings. The van der Waals surface area contributed by atoms with Crippen LogP contribution < -0.4 is 16.1 Å². The van der Waals surface area contributed by atoms with Gasteiger partial charge in [0.25, 0.3) is 0 Å². The SMILES string of the molecule is NC/C(Cl)=C1\CCCN(c2cc3c(cc2F)c(=O)c(C(=O)O)cn3C2CC2)C1. The van der Waals surface area contributed by atoms with Crippen molar-refractivity contribution in [1.29, 1.82) is 0 Å². The molecule has 0 amide bonds. The molecule has 1 aromatic heterocycles. The first-order valence-electron chi connectivity index (χ1n) is 9.33. The highest BCUT2D eigenvalue weighted by atomic mass is 35.5. The van der Waals surface area contributed by atoms with Crippen molar-refractivity contribution < 1.29 is 14.3 Å².